The number of aromatic nitrogens is 1. The Morgan fingerprint density at radius 2 is 1.69 bits per heavy atom. The number of hydrogen-bond acceptors (Lipinski definition) is 7. The molecule has 0 unspecified atom stereocenters. The third-order valence-corrected chi connectivity index (χ3v) is 6.58. The second-order valence-electron chi connectivity index (χ2n) is 7.96. The molecule has 176 valence electrons. The van der Waals surface area contributed by atoms with Gasteiger partial charge in [0, 0.05) is 10.9 Å². The van der Waals surface area contributed by atoms with Crippen LogP contribution in [0.1, 0.15) is 5.56 Å². The molecule has 0 fully saturated rings. The Balaban J connectivity index is 1.55. The number of ether oxygens (including phenoxy) is 2. The molecule has 0 spiro atoms. The number of rotatable bonds is 5. The van der Waals surface area contributed by atoms with Gasteiger partial charge in [0.05, 0.1) is 34.1 Å². The van der Waals surface area contributed by atoms with Crippen LogP contribution in [0.5, 0.6) is 11.5 Å². The van der Waals surface area contributed by atoms with E-state index in [0.717, 1.165) is 27.7 Å². The van der Waals surface area contributed by atoms with E-state index in [1.54, 1.807) is 10.7 Å². The number of benzene rings is 4. The molecule has 8 nitrogen and oxygen atoms in total. The predicted octanol–water partition coefficient (Wildman–Crippen LogP) is 6.12. The Hall–Kier alpha value is -4.76. The summed E-state index contributed by atoms with van der Waals surface area (Å²) < 4.78 is 12.4. The first-order valence-electron chi connectivity index (χ1n) is 11.1. The van der Waals surface area contributed by atoms with E-state index < -0.39 is 4.92 Å². The van der Waals surface area contributed by atoms with E-state index in [1.807, 2.05) is 60.0 Å². The summed E-state index contributed by atoms with van der Waals surface area (Å²) >= 11 is 1.44. The Morgan fingerprint density at radius 3 is 2.53 bits per heavy atom. The number of nitro benzene ring substituents is 1. The van der Waals surface area contributed by atoms with Crippen molar-refractivity contribution in [2.45, 2.75) is 0 Å². The zero-order valence-corrected chi connectivity index (χ0v) is 19.6. The Bertz CT molecular complexity index is 1700. The number of nitrogens with zero attached hydrogens (tertiary/aromatic N) is 4. The monoisotopic (exact) mass is 494 g/mol. The standard InChI is InChI=1S/C27H18N4O4S/c32-31(33)23-14-26-25(34-17-35-26)13-19(23)15-28-30-24(16-36-27(30)29-20-9-2-1-3-10-20)22-12-6-8-18-7-4-5-11-21(18)22/h1-16H,17H2. The van der Waals surface area contributed by atoms with Gasteiger partial charge >= 0.3 is 0 Å². The highest BCUT2D eigenvalue weighted by atomic mass is 32.1. The maximum atomic E-state index is 11.8. The molecule has 1 aliphatic rings. The number of thiazole rings is 1. The van der Waals surface area contributed by atoms with Crippen molar-refractivity contribution in [3.8, 4) is 22.8 Å². The molecular weight excluding hydrogens is 476 g/mol. The van der Waals surface area contributed by atoms with Gasteiger partial charge in [0.2, 0.25) is 11.6 Å². The highest BCUT2D eigenvalue weighted by molar-refractivity contribution is 7.07. The lowest BCUT2D eigenvalue weighted by atomic mass is 10.0. The SMILES string of the molecule is O=[N+]([O-])c1cc2c(cc1C=Nn1c(-c3cccc4ccccc34)csc1=Nc1ccccc1)OCO2. The molecule has 9 heteroatoms. The summed E-state index contributed by atoms with van der Waals surface area (Å²) in [4.78, 5) is 16.7. The smallest absolute Gasteiger partial charge is 0.282 e. The molecule has 0 atom stereocenters. The average Bonchev–Trinajstić information content (AvgIpc) is 3.53. The lowest BCUT2D eigenvalue weighted by Gasteiger charge is -2.08. The van der Waals surface area contributed by atoms with Crippen molar-refractivity contribution < 1.29 is 14.4 Å². The van der Waals surface area contributed by atoms with Gasteiger partial charge < -0.3 is 9.47 Å². The van der Waals surface area contributed by atoms with Gasteiger partial charge in [0.15, 0.2) is 11.5 Å². The van der Waals surface area contributed by atoms with Gasteiger partial charge in [-0.25, -0.2) is 9.67 Å². The van der Waals surface area contributed by atoms with Crippen molar-refractivity contribution in [2.24, 2.45) is 10.1 Å². The number of hydrogen-bond donors (Lipinski definition) is 0. The molecule has 0 N–H and O–H groups in total. The minimum absolute atomic E-state index is 0.0255. The normalized spacial score (nSPS) is 13.1. The van der Waals surface area contributed by atoms with Gasteiger partial charge in [-0.1, -0.05) is 60.7 Å². The Kier molecular flexibility index (Phi) is 5.51. The molecule has 2 heterocycles. The molecule has 36 heavy (non-hydrogen) atoms. The van der Waals surface area contributed by atoms with Crippen LogP contribution in [0, 0.1) is 10.1 Å². The maximum absolute atomic E-state index is 11.8. The van der Waals surface area contributed by atoms with E-state index in [-0.39, 0.29) is 12.5 Å². The van der Waals surface area contributed by atoms with E-state index in [1.165, 1.54) is 23.6 Å². The molecule has 0 amide bonds. The number of para-hydroxylation sites is 1. The molecule has 0 bridgehead atoms. The third-order valence-electron chi connectivity index (χ3n) is 5.76. The number of nitro groups is 1. The first-order chi connectivity index (χ1) is 17.7. The molecule has 0 saturated carbocycles. The summed E-state index contributed by atoms with van der Waals surface area (Å²) in [5, 5.41) is 20.6. The molecule has 0 saturated heterocycles. The Morgan fingerprint density at radius 1 is 0.944 bits per heavy atom. The fraction of sp³-hybridized carbons (Fsp3) is 0.0370. The first-order valence-corrected chi connectivity index (χ1v) is 12.0. The second-order valence-corrected chi connectivity index (χ2v) is 8.79. The molecule has 0 aliphatic carbocycles. The third kappa shape index (κ3) is 4.01. The van der Waals surface area contributed by atoms with Crippen LogP contribution in [-0.2, 0) is 0 Å². The topological polar surface area (TPSA) is 91.2 Å². The Labute approximate surface area is 209 Å². The lowest BCUT2D eigenvalue weighted by Crippen LogP contribution is -2.12. The minimum Gasteiger partial charge on any atom is -0.454 e. The predicted molar refractivity (Wildman–Crippen MR) is 139 cm³/mol. The van der Waals surface area contributed by atoms with Crippen molar-refractivity contribution in [1.82, 2.24) is 4.68 Å². The summed E-state index contributed by atoms with van der Waals surface area (Å²) in [7, 11) is 0. The first kappa shape index (κ1) is 21.8. The molecule has 6 rings (SSSR count). The summed E-state index contributed by atoms with van der Waals surface area (Å²) in [5.41, 5.74) is 2.77. The minimum atomic E-state index is -0.456. The highest BCUT2D eigenvalue weighted by Gasteiger charge is 2.22. The van der Waals surface area contributed by atoms with Crippen molar-refractivity contribution in [3.63, 3.8) is 0 Å². The van der Waals surface area contributed by atoms with Crippen LogP contribution in [0.2, 0.25) is 0 Å². The van der Waals surface area contributed by atoms with Crippen LogP contribution in [0.3, 0.4) is 0 Å². The zero-order valence-electron chi connectivity index (χ0n) is 18.8. The van der Waals surface area contributed by atoms with Crippen molar-refractivity contribution in [3.05, 3.63) is 111 Å². The second kappa shape index (κ2) is 9.12. The van der Waals surface area contributed by atoms with Gasteiger partial charge in [0.25, 0.3) is 5.69 Å². The van der Waals surface area contributed by atoms with E-state index in [9.17, 15) is 10.1 Å². The molecule has 0 radical (unpaired) electrons. The van der Waals surface area contributed by atoms with Crippen molar-refractivity contribution >= 4 is 39.7 Å². The van der Waals surface area contributed by atoms with Gasteiger partial charge in [-0.3, -0.25) is 10.1 Å². The van der Waals surface area contributed by atoms with Crippen LogP contribution in [0.25, 0.3) is 22.0 Å². The summed E-state index contributed by atoms with van der Waals surface area (Å²) in [6.07, 6.45) is 1.46. The van der Waals surface area contributed by atoms with Crippen LogP contribution < -0.4 is 14.3 Å². The van der Waals surface area contributed by atoms with E-state index >= 15 is 0 Å². The molecule has 1 aliphatic heterocycles. The zero-order chi connectivity index (χ0) is 24.5. The van der Waals surface area contributed by atoms with Crippen LogP contribution in [0.15, 0.2) is 100 Å². The van der Waals surface area contributed by atoms with Crippen molar-refractivity contribution in [2.75, 3.05) is 6.79 Å². The fourth-order valence-corrected chi connectivity index (χ4v) is 4.91. The van der Waals surface area contributed by atoms with Gasteiger partial charge in [0.1, 0.15) is 0 Å². The van der Waals surface area contributed by atoms with Gasteiger partial charge in [-0.2, -0.15) is 5.10 Å². The molecule has 5 aromatic rings. The van der Waals surface area contributed by atoms with E-state index in [2.05, 4.69) is 18.2 Å². The van der Waals surface area contributed by atoms with E-state index in [0.29, 0.717) is 21.9 Å². The van der Waals surface area contributed by atoms with Gasteiger partial charge in [-0.15, -0.1) is 11.3 Å². The molecule has 1 aromatic heterocycles. The summed E-state index contributed by atoms with van der Waals surface area (Å²) in [5.74, 6) is 0.791. The molecular formula is C27H18N4O4S. The summed E-state index contributed by atoms with van der Waals surface area (Å²) in [6, 6.07) is 26.7. The van der Waals surface area contributed by atoms with Crippen LogP contribution in [-0.4, -0.2) is 22.6 Å². The van der Waals surface area contributed by atoms with Crippen LogP contribution >= 0.6 is 11.3 Å². The molecule has 4 aromatic carbocycles. The number of fused-ring (bicyclic) bond motifs is 2. The van der Waals surface area contributed by atoms with Crippen LogP contribution in [0.4, 0.5) is 11.4 Å². The maximum Gasteiger partial charge on any atom is 0.282 e. The quantitative estimate of drug-likeness (QED) is 0.167. The fourth-order valence-electron chi connectivity index (χ4n) is 4.06. The largest absolute Gasteiger partial charge is 0.454 e. The average molecular weight is 495 g/mol. The van der Waals surface area contributed by atoms with E-state index in [4.69, 9.17) is 19.6 Å². The lowest BCUT2D eigenvalue weighted by molar-refractivity contribution is -0.385. The van der Waals surface area contributed by atoms with Gasteiger partial charge in [-0.05, 0) is 29.0 Å². The van der Waals surface area contributed by atoms with Crippen molar-refractivity contribution in [1.29, 1.82) is 0 Å². The highest BCUT2D eigenvalue weighted by Crippen LogP contribution is 2.37. The summed E-state index contributed by atoms with van der Waals surface area (Å²) in [6.45, 7) is 0.0255.